The van der Waals surface area contributed by atoms with Crippen LogP contribution in [0.5, 0.6) is 0 Å². The summed E-state index contributed by atoms with van der Waals surface area (Å²) >= 11 is 4.04. The van der Waals surface area contributed by atoms with E-state index >= 15 is 0 Å². The van der Waals surface area contributed by atoms with Gasteiger partial charge in [-0.1, -0.05) is 116 Å². The number of carbonyl (C=O) groups excluding carboxylic acids is 1. The second-order valence-corrected chi connectivity index (χ2v) is 7.60. The molecule has 2 nitrogen and oxygen atoms in total. The van der Waals surface area contributed by atoms with Gasteiger partial charge in [-0.25, -0.2) is 0 Å². The molecule has 0 heterocycles. The van der Waals surface area contributed by atoms with Crippen LogP contribution in [0.1, 0.15) is 117 Å². The van der Waals surface area contributed by atoms with Crippen LogP contribution in [0.25, 0.3) is 0 Å². The summed E-state index contributed by atoms with van der Waals surface area (Å²) in [6, 6.07) is 0. The lowest BCUT2D eigenvalue weighted by molar-refractivity contribution is 0.220. The maximum absolute atomic E-state index is 11.6. The summed E-state index contributed by atoms with van der Waals surface area (Å²) in [5.41, 5.74) is 0. The van der Waals surface area contributed by atoms with E-state index in [4.69, 9.17) is 0 Å². The van der Waals surface area contributed by atoms with Crippen LogP contribution in [0, 0.1) is 0 Å². The van der Waals surface area contributed by atoms with Gasteiger partial charge in [0.05, 0.1) is 0 Å². The summed E-state index contributed by atoms with van der Waals surface area (Å²) in [4.78, 5) is 13.6. The lowest BCUT2D eigenvalue weighted by Gasteiger charge is -2.20. The minimum atomic E-state index is -0.0408. The minimum absolute atomic E-state index is 0.0408. The van der Waals surface area contributed by atoms with E-state index in [1.54, 1.807) is 0 Å². The second kappa shape index (κ2) is 19.1. The van der Waals surface area contributed by atoms with Crippen molar-refractivity contribution in [1.29, 1.82) is 0 Å². The van der Waals surface area contributed by atoms with Crippen molar-refractivity contribution >= 4 is 17.9 Å². The largest absolute Gasteiger partial charge is 0.334 e. The van der Waals surface area contributed by atoms with E-state index in [9.17, 15) is 4.79 Å². The van der Waals surface area contributed by atoms with E-state index < -0.39 is 0 Å². The zero-order valence-electron chi connectivity index (χ0n) is 16.5. The number of nitrogens with zero attached hydrogens (tertiary/aromatic N) is 1. The van der Waals surface area contributed by atoms with Crippen molar-refractivity contribution in [1.82, 2.24) is 4.90 Å². The van der Waals surface area contributed by atoms with Gasteiger partial charge in [0.15, 0.2) is 0 Å². The second-order valence-electron chi connectivity index (χ2n) is 7.22. The van der Waals surface area contributed by atoms with Crippen molar-refractivity contribution in [3.05, 3.63) is 0 Å². The van der Waals surface area contributed by atoms with Gasteiger partial charge in [-0.2, -0.15) is 0 Å². The summed E-state index contributed by atoms with van der Waals surface area (Å²) < 4.78 is 0. The van der Waals surface area contributed by atoms with Crippen LogP contribution >= 0.6 is 12.6 Å². The monoisotopic (exact) mass is 357 g/mol. The summed E-state index contributed by atoms with van der Waals surface area (Å²) in [7, 11) is 0. The molecule has 0 fully saturated rings. The van der Waals surface area contributed by atoms with Crippen LogP contribution in [0.4, 0.5) is 4.79 Å². The number of thiol groups is 1. The van der Waals surface area contributed by atoms with Crippen molar-refractivity contribution in [2.75, 3.05) is 13.1 Å². The first kappa shape index (κ1) is 23.8. The Labute approximate surface area is 157 Å². The molecule has 0 aromatic rings. The number of amides is 1. The third-order valence-corrected chi connectivity index (χ3v) is 5.12. The van der Waals surface area contributed by atoms with Gasteiger partial charge in [0.25, 0.3) is 5.24 Å². The van der Waals surface area contributed by atoms with Gasteiger partial charge in [0, 0.05) is 13.1 Å². The van der Waals surface area contributed by atoms with Crippen molar-refractivity contribution in [3.8, 4) is 0 Å². The summed E-state index contributed by atoms with van der Waals surface area (Å²) in [5, 5.41) is -0.0408. The Morgan fingerprint density at radius 3 is 1.17 bits per heavy atom. The highest BCUT2D eigenvalue weighted by atomic mass is 32.1. The normalized spacial score (nSPS) is 11.0. The first-order valence-electron chi connectivity index (χ1n) is 10.7. The van der Waals surface area contributed by atoms with E-state index in [-0.39, 0.29) is 5.24 Å². The molecule has 0 saturated carbocycles. The zero-order chi connectivity index (χ0) is 17.9. The molecule has 0 saturated heterocycles. The van der Waals surface area contributed by atoms with Crippen molar-refractivity contribution < 1.29 is 4.79 Å². The number of hydrogen-bond acceptors (Lipinski definition) is 1. The number of hydrogen-bond donors (Lipinski definition) is 1. The van der Waals surface area contributed by atoms with Gasteiger partial charge < -0.3 is 4.90 Å². The van der Waals surface area contributed by atoms with Crippen LogP contribution in [-0.2, 0) is 0 Å². The average Bonchev–Trinajstić information content (AvgIpc) is 2.57. The maximum atomic E-state index is 11.6. The molecule has 0 spiro atoms. The Kier molecular flexibility index (Phi) is 19.0. The summed E-state index contributed by atoms with van der Waals surface area (Å²) in [6.07, 6.45) is 21.0. The van der Waals surface area contributed by atoms with E-state index in [1.807, 2.05) is 4.90 Å². The number of rotatable bonds is 18. The van der Waals surface area contributed by atoms with Crippen molar-refractivity contribution in [2.24, 2.45) is 0 Å². The molecule has 1 amide bonds. The Hall–Kier alpha value is -0.180. The average molecular weight is 358 g/mol. The minimum Gasteiger partial charge on any atom is -0.334 e. The highest BCUT2D eigenvalue weighted by Crippen LogP contribution is 2.12. The lowest BCUT2D eigenvalue weighted by Crippen LogP contribution is -2.28. The molecule has 24 heavy (non-hydrogen) atoms. The van der Waals surface area contributed by atoms with E-state index in [2.05, 4.69) is 26.5 Å². The van der Waals surface area contributed by atoms with Crippen LogP contribution < -0.4 is 0 Å². The van der Waals surface area contributed by atoms with Crippen LogP contribution in [0.15, 0.2) is 0 Å². The molecule has 0 unspecified atom stereocenters. The van der Waals surface area contributed by atoms with Gasteiger partial charge >= 0.3 is 0 Å². The molecule has 0 bridgehead atoms. The van der Waals surface area contributed by atoms with E-state index in [1.165, 1.54) is 89.9 Å². The highest BCUT2D eigenvalue weighted by molar-refractivity contribution is 7.96. The Bertz CT molecular complexity index is 251. The van der Waals surface area contributed by atoms with Gasteiger partial charge in [0.2, 0.25) is 0 Å². The predicted molar refractivity (Wildman–Crippen MR) is 111 cm³/mol. The van der Waals surface area contributed by atoms with Crippen LogP contribution in [0.3, 0.4) is 0 Å². The molecular weight excluding hydrogens is 314 g/mol. The summed E-state index contributed by atoms with van der Waals surface area (Å²) in [5.74, 6) is 0. The fourth-order valence-corrected chi connectivity index (χ4v) is 3.38. The van der Waals surface area contributed by atoms with Gasteiger partial charge in [-0.3, -0.25) is 4.79 Å². The van der Waals surface area contributed by atoms with Gasteiger partial charge in [0.1, 0.15) is 0 Å². The van der Waals surface area contributed by atoms with Gasteiger partial charge in [-0.05, 0) is 12.8 Å². The molecule has 0 radical (unpaired) electrons. The molecule has 0 N–H and O–H groups in total. The molecule has 0 aliphatic rings. The standard InChI is InChI=1S/C21H43NOS/c1-3-5-7-9-11-13-15-17-19-22(21(23)24)20-18-16-14-12-10-8-6-4-2/h3-20H2,1-2H3,(H,23,24). The Morgan fingerprint density at radius 2 is 0.875 bits per heavy atom. The highest BCUT2D eigenvalue weighted by Gasteiger charge is 2.08. The van der Waals surface area contributed by atoms with Crippen LogP contribution in [-0.4, -0.2) is 23.2 Å². The van der Waals surface area contributed by atoms with E-state index in [0.29, 0.717) is 0 Å². The predicted octanol–water partition coefficient (Wildman–Crippen LogP) is 7.62. The molecular formula is C21H43NOS. The smallest absolute Gasteiger partial charge is 0.278 e. The fourth-order valence-electron chi connectivity index (χ4n) is 3.18. The molecule has 0 aromatic carbocycles. The van der Waals surface area contributed by atoms with Crippen molar-refractivity contribution in [2.45, 2.75) is 117 Å². The molecule has 144 valence electrons. The third kappa shape index (κ3) is 16.7. The molecule has 0 aliphatic heterocycles. The Balaban J connectivity index is 3.49. The molecule has 0 rings (SSSR count). The van der Waals surface area contributed by atoms with Crippen LogP contribution in [0.2, 0.25) is 0 Å². The lowest BCUT2D eigenvalue weighted by atomic mass is 10.1. The Morgan fingerprint density at radius 1 is 0.583 bits per heavy atom. The van der Waals surface area contributed by atoms with E-state index in [0.717, 1.165) is 25.9 Å². The number of carbonyl (C=O) groups is 1. The topological polar surface area (TPSA) is 20.3 Å². The third-order valence-electron chi connectivity index (χ3n) is 4.83. The van der Waals surface area contributed by atoms with Crippen molar-refractivity contribution in [3.63, 3.8) is 0 Å². The molecule has 0 aromatic heterocycles. The SMILES string of the molecule is CCCCCCCCCCN(CCCCCCCCCC)C(=O)S. The zero-order valence-corrected chi connectivity index (χ0v) is 17.4. The maximum Gasteiger partial charge on any atom is 0.278 e. The first-order chi connectivity index (χ1) is 11.7. The number of unbranched alkanes of at least 4 members (excludes halogenated alkanes) is 14. The molecule has 3 heteroatoms. The molecule has 0 atom stereocenters. The van der Waals surface area contributed by atoms with Gasteiger partial charge in [-0.15, -0.1) is 0 Å². The quantitative estimate of drug-likeness (QED) is 0.197. The fraction of sp³-hybridized carbons (Fsp3) is 0.952. The summed E-state index contributed by atoms with van der Waals surface area (Å²) in [6.45, 7) is 6.31. The first-order valence-corrected chi connectivity index (χ1v) is 11.1. The molecule has 0 aliphatic carbocycles.